The molecule has 0 saturated heterocycles. The van der Waals surface area contributed by atoms with Gasteiger partial charge in [-0.3, -0.25) is 0 Å². The minimum absolute atomic E-state index is 0.322. The molecular formula is C18H23NO3S. The predicted octanol–water partition coefficient (Wildman–Crippen LogP) is 3.52. The van der Waals surface area contributed by atoms with Crippen molar-refractivity contribution in [1.82, 2.24) is 4.31 Å². The number of nitrogens with zero attached hydrogens (tertiary/aromatic N) is 1. The van der Waals surface area contributed by atoms with Gasteiger partial charge in [0, 0.05) is 13.6 Å². The van der Waals surface area contributed by atoms with Crippen LogP contribution < -0.4 is 4.74 Å². The lowest BCUT2D eigenvalue weighted by Crippen LogP contribution is -2.27. The largest absolute Gasteiger partial charge is 0.494 e. The van der Waals surface area contributed by atoms with Crippen molar-refractivity contribution >= 4 is 10.0 Å². The molecule has 2 aromatic carbocycles. The van der Waals surface area contributed by atoms with Gasteiger partial charge in [-0.05, 0) is 55.7 Å². The molecule has 0 spiro atoms. The van der Waals surface area contributed by atoms with E-state index in [1.807, 2.05) is 57.2 Å². The normalized spacial score (nSPS) is 11.7. The average molecular weight is 333 g/mol. The van der Waals surface area contributed by atoms with E-state index < -0.39 is 10.0 Å². The first-order valence-electron chi connectivity index (χ1n) is 7.60. The molecule has 5 heteroatoms. The first-order chi connectivity index (χ1) is 10.8. The molecule has 0 aliphatic heterocycles. The Labute approximate surface area is 138 Å². The maximum Gasteiger partial charge on any atom is 0.243 e. The summed E-state index contributed by atoms with van der Waals surface area (Å²) in [6.07, 6.45) is 0. The van der Waals surface area contributed by atoms with Crippen molar-refractivity contribution in [3.63, 3.8) is 0 Å². The first-order valence-corrected chi connectivity index (χ1v) is 9.04. The summed E-state index contributed by atoms with van der Waals surface area (Å²) in [5.74, 6) is 0.788. The second kappa shape index (κ2) is 7.15. The van der Waals surface area contributed by atoms with Gasteiger partial charge < -0.3 is 4.74 Å². The minimum Gasteiger partial charge on any atom is -0.494 e. The molecule has 0 aliphatic rings. The smallest absolute Gasteiger partial charge is 0.243 e. The summed E-state index contributed by atoms with van der Waals surface area (Å²) in [7, 11) is -1.90. The molecule has 23 heavy (non-hydrogen) atoms. The molecule has 0 aromatic heterocycles. The average Bonchev–Trinajstić information content (AvgIpc) is 2.51. The third-order valence-corrected chi connectivity index (χ3v) is 5.62. The Bertz CT molecular complexity index is 767. The molecule has 0 unspecified atom stereocenters. The lowest BCUT2D eigenvalue weighted by molar-refractivity contribution is 0.340. The van der Waals surface area contributed by atoms with E-state index in [0.717, 1.165) is 22.4 Å². The fourth-order valence-electron chi connectivity index (χ4n) is 2.35. The highest BCUT2D eigenvalue weighted by molar-refractivity contribution is 7.89. The van der Waals surface area contributed by atoms with Crippen LogP contribution in [0.5, 0.6) is 5.75 Å². The van der Waals surface area contributed by atoms with E-state index in [1.165, 1.54) is 4.31 Å². The number of aryl methyl sites for hydroxylation is 2. The van der Waals surface area contributed by atoms with Crippen LogP contribution in [0.4, 0.5) is 0 Å². The molecule has 0 amide bonds. The summed E-state index contributed by atoms with van der Waals surface area (Å²) >= 11 is 0. The van der Waals surface area contributed by atoms with Gasteiger partial charge in [-0.15, -0.1) is 0 Å². The van der Waals surface area contributed by atoms with Gasteiger partial charge in [0.2, 0.25) is 10.0 Å². The first kappa shape index (κ1) is 17.5. The Morgan fingerprint density at radius 2 is 1.70 bits per heavy atom. The van der Waals surface area contributed by atoms with Crippen molar-refractivity contribution < 1.29 is 13.2 Å². The van der Waals surface area contributed by atoms with Crippen LogP contribution in [0.25, 0.3) is 0 Å². The second-order valence-corrected chi connectivity index (χ2v) is 7.62. The van der Waals surface area contributed by atoms with E-state index >= 15 is 0 Å². The summed E-state index contributed by atoms with van der Waals surface area (Å²) in [5.41, 5.74) is 2.61. The minimum atomic E-state index is -3.51. The summed E-state index contributed by atoms with van der Waals surface area (Å²) in [6.45, 7) is 6.57. The van der Waals surface area contributed by atoms with Crippen molar-refractivity contribution in [2.45, 2.75) is 32.2 Å². The van der Waals surface area contributed by atoms with Gasteiger partial charge in [0.15, 0.2) is 0 Å². The fraction of sp³-hybridized carbons (Fsp3) is 0.333. The second-order valence-electron chi connectivity index (χ2n) is 5.61. The quantitative estimate of drug-likeness (QED) is 0.812. The van der Waals surface area contributed by atoms with E-state index in [4.69, 9.17) is 4.74 Å². The predicted molar refractivity (Wildman–Crippen MR) is 92.2 cm³/mol. The maximum absolute atomic E-state index is 12.8. The zero-order valence-electron chi connectivity index (χ0n) is 14.0. The molecule has 2 aromatic rings. The summed E-state index contributed by atoms with van der Waals surface area (Å²) in [5, 5.41) is 0. The van der Waals surface area contributed by atoms with E-state index in [-0.39, 0.29) is 0 Å². The van der Waals surface area contributed by atoms with Crippen LogP contribution >= 0.6 is 0 Å². The maximum atomic E-state index is 12.8. The third kappa shape index (κ3) is 4.12. The van der Waals surface area contributed by atoms with E-state index in [1.54, 1.807) is 13.1 Å². The van der Waals surface area contributed by atoms with E-state index in [9.17, 15) is 8.42 Å². The number of ether oxygens (including phenoxy) is 1. The Morgan fingerprint density at radius 3 is 2.30 bits per heavy atom. The summed E-state index contributed by atoms with van der Waals surface area (Å²) in [6, 6.07) is 13.0. The molecule has 0 radical (unpaired) electrons. The molecule has 0 saturated carbocycles. The molecule has 0 N–H and O–H groups in total. The Hall–Kier alpha value is -1.85. The number of sulfonamides is 1. The molecule has 0 heterocycles. The third-order valence-electron chi connectivity index (χ3n) is 3.67. The SMILES string of the molecule is CCOc1ccc(CN(C)S(=O)(=O)c2cc(C)ccc2C)cc1. The zero-order chi connectivity index (χ0) is 17.0. The number of rotatable bonds is 6. The van der Waals surface area contributed by atoms with Crippen LogP contribution in [0.2, 0.25) is 0 Å². The molecule has 0 atom stereocenters. The zero-order valence-corrected chi connectivity index (χ0v) is 14.9. The monoisotopic (exact) mass is 333 g/mol. The van der Waals surface area contributed by atoms with Gasteiger partial charge in [-0.1, -0.05) is 24.3 Å². The molecule has 0 aliphatic carbocycles. The molecule has 124 valence electrons. The van der Waals surface area contributed by atoms with E-state index in [0.29, 0.717) is 18.0 Å². The van der Waals surface area contributed by atoms with E-state index in [2.05, 4.69) is 0 Å². The van der Waals surface area contributed by atoms with Gasteiger partial charge in [0.1, 0.15) is 5.75 Å². The molecule has 0 fully saturated rings. The van der Waals surface area contributed by atoms with Crippen molar-refractivity contribution in [2.24, 2.45) is 0 Å². The topological polar surface area (TPSA) is 46.6 Å². The lowest BCUT2D eigenvalue weighted by Gasteiger charge is -2.19. The Morgan fingerprint density at radius 1 is 1.04 bits per heavy atom. The lowest BCUT2D eigenvalue weighted by atomic mass is 10.2. The van der Waals surface area contributed by atoms with Crippen LogP contribution in [0.1, 0.15) is 23.6 Å². The van der Waals surface area contributed by atoms with Crippen molar-refractivity contribution in [3.05, 3.63) is 59.2 Å². The highest BCUT2D eigenvalue weighted by atomic mass is 32.2. The molecule has 2 rings (SSSR count). The summed E-state index contributed by atoms with van der Waals surface area (Å²) in [4.78, 5) is 0.367. The number of hydrogen-bond acceptors (Lipinski definition) is 3. The van der Waals surface area contributed by atoms with Crippen LogP contribution in [0.15, 0.2) is 47.4 Å². The standard InChI is InChI=1S/C18H23NO3S/c1-5-22-17-10-8-16(9-11-17)13-19(4)23(20,21)18-12-14(2)6-7-15(18)3/h6-12H,5,13H2,1-4H3. The van der Waals surface area contributed by atoms with Crippen LogP contribution in [-0.2, 0) is 16.6 Å². The van der Waals surface area contributed by atoms with Crippen LogP contribution in [0.3, 0.4) is 0 Å². The molecule has 0 bridgehead atoms. The molecular weight excluding hydrogens is 310 g/mol. The Balaban J connectivity index is 2.21. The summed E-state index contributed by atoms with van der Waals surface area (Å²) < 4.78 is 32.3. The number of benzene rings is 2. The Kier molecular flexibility index (Phi) is 5.44. The van der Waals surface area contributed by atoms with Crippen LogP contribution in [0, 0.1) is 13.8 Å². The fourth-order valence-corrected chi connectivity index (χ4v) is 3.82. The van der Waals surface area contributed by atoms with Gasteiger partial charge in [-0.2, -0.15) is 4.31 Å². The van der Waals surface area contributed by atoms with Gasteiger partial charge in [0.25, 0.3) is 0 Å². The van der Waals surface area contributed by atoms with Crippen molar-refractivity contribution in [1.29, 1.82) is 0 Å². The van der Waals surface area contributed by atoms with Gasteiger partial charge >= 0.3 is 0 Å². The highest BCUT2D eigenvalue weighted by Gasteiger charge is 2.23. The van der Waals surface area contributed by atoms with Crippen molar-refractivity contribution in [3.8, 4) is 5.75 Å². The van der Waals surface area contributed by atoms with Gasteiger partial charge in [0.05, 0.1) is 11.5 Å². The van der Waals surface area contributed by atoms with Gasteiger partial charge in [-0.25, -0.2) is 8.42 Å². The molecule has 4 nitrogen and oxygen atoms in total. The number of hydrogen-bond donors (Lipinski definition) is 0. The highest BCUT2D eigenvalue weighted by Crippen LogP contribution is 2.22. The van der Waals surface area contributed by atoms with Crippen LogP contribution in [-0.4, -0.2) is 26.4 Å². The van der Waals surface area contributed by atoms with Crippen molar-refractivity contribution in [2.75, 3.05) is 13.7 Å².